The predicted molar refractivity (Wildman–Crippen MR) is 149 cm³/mol. The van der Waals surface area contributed by atoms with Crippen LogP contribution in [0.25, 0.3) is 11.2 Å². The Morgan fingerprint density at radius 1 is 1.18 bits per heavy atom. The molecular weight excluding hydrogens is 502 g/mol. The van der Waals surface area contributed by atoms with Crippen molar-refractivity contribution in [2.45, 2.75) is 65.6 Å². The summed E-state index contributed by atoms with van der Waals surface area (Å²) in [6, 6.07) is 8.13. The van der Waals surface area contributed by atoms with Crippen molar-refractivity contribution >= 4 is 29.1 Å². The number of aromatic amines is 1. The first-order valence-electron chi connectivity index (χ1n) is 12.9. The zero-order valence-electron chi connectivity index (χ0n) is 22.9. The minimum atomic E-state index is -0.807. The second-order valence-electron chi connectivity index (χ2n) is 10.8. The third kappa shape index (κ3) is 6.57. The molecule has 0 aliphatic carbocycles. The Hall–Kier alpha value is -4.35. The molecule has 3 heterocycles. The monoisotopic (exact) mass is 537 g/mol. The summed E-state index contributed by atoms with van der Waals surface area (Å²) >= 11 is 0. The van der Waals surface area contributed by atoms with Crippen LogP contribution >= 0.6 is 0 Å². The van der Waals surface area contributed by atoms with Gasteiger partial charge in [-0.05, 0) is 59.6 Å². The minimum absolute atomic E-state index is 0.120. The number of carbonyl (C=O) groups is 2. The van der Waals surface area contributed by atoms with Gasteiger partial charge in [-0.1, -0.05) is 29.8 Å². The normalized spacial score (nSPS) is 15.6. The van der Waals surface area contributed by atoms with Gasteiger partial charge in [0.2, 0.25) is 5.95 Å². The van der Waals surface area contributed by atoms with Crippen LogP contribution in [0.5, 0.6) is 0 Å². The number of anilines is 1. The fourth-order valence-corrected chi connectivity index (χ4v) is 4.40. The largest absolute Gasteiger partial charge is 0.444 e. The molecule has 0 saturated carbocycles. The number of hydrogen-bond acceptors (Lipinski definition) is 7. The lowest BCUT2D eigenvalue weighted by molar-refractivity contribution is 0.0499. The smallest absolute Gasteiger partial charge is 0.407 e. The molecule has 1 unspecified atom stereocenters. The molecule has 4 rings (SSSR count). The number of amides is 2. The van der Waals surface area contributed by atoms with Crippen LogP contribution in [0.4, 0.5) is 10.7 Å². The number of hydrogen-bond donors (Lipinski definition) is 3. The van der Waals surface area contributed by atoms with Gasteiger partial charge < -0.3 is 19.5 Å². The van der Waals surface area contributed by atoms with Gasteiger partial charge in [0.05, 0.1) is 0 Å². The van der Waals surface area contributed by atoms with Gasteiger partial charge in [-0.15, -0.1) is 0 Å². The Morgan fingerprint density at radius 3 is 2.56 bits per heavy atom. The molecule has 1 fully saturated rings. The number of nitrogens with one attached hydrogen (secondary N) is 3. The van der Waals surface area contributed by atoms with E-state index in [0.717, 1.165) is 18.4 Å². The van der Waals surface area contributed by atoms with E-state index < -0.39 is 28.9 Å². The topological polar surface area (TPSA) is 143 Å². The molecule has 1 aromatic carbocycles. The van der Waals surface area contributed by atoms with E-state index in [1.807, 2.05) is 24.8 Å². The van der Waals surface area contributed by atoms with Crippen LogP contribution in [0, 0.1) is 0 Å². The van der Waals surface area contributed by atoms with Crippen LogP contribution in [0.3, 0.4) is 0 Å². The highest BCUT2D eigenvalue weighted by Crippen LogP contribution is 2.23. The maximum absolute atomic E-state index is 13.6. The second-order valence-corrected chi connectivity index (χ2v) is 10.8. The zero-order chi connectivity index (χ0) is 28.3. The Morgan fingerprint density at radius 2 is 1.90 bits per heavy atom. The summed E-state index contributed by atoms with van der Waals surface area (Å²) < 4.78 is 7.80. The Bertz CT molecular complexity index is 1510. The second kappa shape index (κ2) is 11.2. The van der Waals surface area contributed by atoms with Crippen molar-refractivity contribution in [1.82, 2.24) is 24.5 Å². The van der Waals surface area contributed by atoms with Crippen LogP contribution in [0.1, 0.15) is 57.8 Å². The Kier molecular flexibility index (Phi) is 7.93. The molecule has 0 bridgehead atoms. The summed E-state index contributed by atoms with van der Waals surface area (Å²) in [4.78, 5) is 60.7. The number of benzene rings is 1. The first kappa shape index (κ1) is 27.7. The number of ether oxygens (including phenoxy) is 1. The number of carbonyl (C=O) groups excluding carboxylic acids is 2. The van der Waals surface area contributed by atoms with Crippen molar-refractivity contribution in [2.75, 3.05) is 23.4 Å². The third-order valence-corrected chi connectivity index (χ3v) is 6.14. The number of alkyl carbamates (subject to hydrolysis) is 1. The molecule has 39 heavy (non-hydrogen) atoms. The molecule has 1 aliphatic heterocycles. The molecule has 0 spiro atoms. The fourth-order valence-electron chi connectivity index (χ4n) is 4.40. The van der Waals surface area contributed by atoms with Crippen LogP contribution in [0.15, 0.2) is 51.6 Å². The summed E-state index contributed by atoms with van der Waals surface area (Å²) in [5.41, 5.74) is 1.90. The zero-order valence-corrected chi connectivity index (χ0v) is 22.9. The highest BCUT2D eigenvalue weighted by molar-refractivity contribution is 5.99. The molecule has 1 saturated heterocycles. The summed E-state index contributed by atoms with van der Waals surface area (Å²) in [5, 5.41) is 2.92. The predicted octanol–water partition coefficient (Wildman–Crippen LogP) is 2.73. The number of fused-ring (bicyclic) bond motifs is 1. The average Bonchev–Trinajstić information content (AvgIpc) is 3.23. The number of rotatable bonds is 6. The molecule has 1 atom stereocenters. The van der Waals surface area contributed by atoms with Gasteiger partial charge in [-0.3, -0.25) is 20.0 Å². The molecule has 1 aliphatic rings. The van der Waals surface area contributed by atoms with Crippen molar-refractivity contribution in [2.24, 2.45) is 0 Å². The van der Waals surface area contributed by atoms with E-state index in [-0.39, 0.29) is 17.2 Å². The number of aromatic nitrogens is 4. The summed E-state index contributed by atoms with van der Waals surface area (Å²) in [5.74, 6) is -0.108. The van der Waals surface area contributed by atoms with Gasteiger partial charge in [-0.25, -0.2) is 9.59 Å². The van der Waals surface area contributed by atoms with Crippen molar-refractivity contribution in [1.29, 1.82) is 0 Å². The molecule has 2 aromatic heterocycles. The number of H-pyrrole nitrogens is 1. The van der Waals surface area contributed by atoms with E-state index in [1.54, 1.807) is 55.7 Å². The molecule has 3 N–H and O–H groups in total. The number of allylic oxidation sites excluding steroid dienone is 2. The van der Waals surface area contributed by atoms with Crippen LogP contribution in [-0.2, 0) is 11.3 Å². The van der Waals surface area contributed by atoms with E-state index in [2.05, 4.69) is 20.7 Å². The molecule has 0 radical (unpaired) electrons. The summed E-state index contributed by atoms with van der Waals surface area (Å²) in [6.45, 7) is 10.7. The van der Waals surface area contributed by atoms with Gasteiger partial charge >= 0.3 is 17.3 Å². The van der Waals surface area contributed by atoms with Gasteiger partial charge in [0.15, 0.2) is 11.2 Å². The lowest BCUT2D eigenvalue weighted by atomic mass is 10.1. The number of imidazole rings is 1. The van der Waals surface area contributed by atoms with E-state index in [1.165, 1.54) is 0 Å². The van der Waals surface area contributed by atoms with Gasteiger partial charge in [0.25, 0.3) is 5.91 Å². The molecule has 12 heteroatoms. The van der Waals surface area contributed by atoms with Crippen molar-refractivity contribution in [3.63, 3.8) is 0 Å². The molecular formula is C27H35N7O5. The van der Waals surface area contributed by atoms with E-state index in [0.29, 0.717) is 35.8 Å². The van der Waals surface area contributed by atoms with Crippen LogP contribution in [-0.4, -0.2) is 55.9 Å². The Balaban J connectivity index is 1.70. The summed E-state index contributed by atoms with van der Waals surface area (Å²) in [6.07, 6.45) is 3.00. The first-order chi connectivity index (χ1) is 18.4. The summed E-state index contributed by atoms with van der Waals surface area (Å²) in [7, 11) is 0. The quantitative estimate of drug-likeness (QED) is 0.410. The van der Waals surface area contributed by atoms with E-state index in [9.17, 15) is 19.2 Å². The standard InChI is InChI=1S/C27H35N7O5/c1-17(2)13-15-33-20-21(30-25(37)34(23(20)36)31-22(35)18-10-7-6-8-11-18)29-24(33)32-14-9-12-19(16-32)28-26(38)39-27(3,4)5/h6-8,10-11,13,19H,9,12,14-16H2,1-5H3,(H,28,38)(H,30,37)(H,31,35). The van der Waals surface area contributed by atoms with Crippen molar-refractivity contribution < 1.29 is 14.3 Å². The third-order valence-electron chi connectivity index (χ3n) is 6.14. The SMILES string of the molecule is CC(C)=CCn1c(N2CCCC(NC(=O)OC(C)(C)C)C2)nc2[nH]c(=O)n(NC(=O)c3ccccc3)c(=O)c21. The van der Waals surface area contributed by atoms with Crippen LogP contribution < -0.4 is 26.9 Å². The van der Waals surface area contributed by atoms with E-state index >= 15 is 0 Å². The number of piperidine rings is 1. The maximum atomic E-state index is 13.6. The molecule has 3 aromatic rings. The Labute approximate surface area is 225 Å². The maximum Gasteiger partial charge on any atom is 0.407 e. The van der Waals surface area contributed by atoms with Gasteiger partial charge in [0, 0.05) is 31.2 Å². The van der Waals surface area contributed by atoms with Crippen molar-refractivity contribution in [3.8, 4) is 0 Å². The molecule has 2 amide bonds. The minimum Gasteiger partial charge on any atom is -0.444 e. The van der Waals surface area contributed by atoms with Gasteiger partial charge in [0.1, 0.15) is 5.60 Å². The van der Waals surface area contributed by atoms with E-state index in [4.69, 9.17) is 4.74 Å². The lowest BCUT2D eigenvalue weighted by Gasteiger charge is -2.34. The highest BCUT2D eigenvalue weighted by Gasteiger charge is 2.28. The number of nitrogens with zero attached hydrogens (tertiary/aromatic N) is 4. The van der Waals surface area contributed by atoms with Gasteiger partial charge in [-0.2, -0.15) is 9.66 Å². The average molecular weight is 538 g/mol. The highest BCUT2D eigenvalue weighted by atomic mass is 16.6. The first-order valence-corrected chi connectivity index (χ1v) is 12.9. The van der Waals surface area contributed by atoms with Crippen LogP contribution in [0.2, 0.25) is 0 Å². The molecule has 12 nitrogen and oxygen atoms in total. The molecule has 208 valence electrons. The lowest BCUT2D eigenvalue weighted by Crippen LogP contribution is -2.49. The van der Waals surface area contributed by atoms with Crippen molar-refractivity contribution in [3.05, 3.63) is 68.4 Å². The fraction of sp³-hybridized carbons (Fsp3) is 0.444.